The number of nitrogens with one attached hydrogen (secondary N) is 2. The van der Waals surface area contributed by atoms with Gasteiger partial charge in [0.2, 0.25) is 0 Å². The maximum atomic E-state index is 12.6. The quantitative estimate of drug-likeness (QED) is 0.520. The first-order chi connectivity index (χ1) is 15.3. The summed E-state index contributed by atoms with van der Waals surface area (Å²) in [6, 6.07) is 16.6. The van der Waals surface area contributed by atoms with Crippen LogP contribution >= 0.6 is 0 Å². The molecular formula is C25H23N3O4. The summed E-state index contributed by atoms with van der Waals surface area (Å²) < 4.78 is 11.3. The molecule has 2 aromatic heterocycles. The lowest BCUT2D eigenvalue weighted by atomic mass is 9.92. The molecule has 0 radical (unpaired) electrons. The van der Waals surface area contributed by atoms with E-state index in [4.69, 9.17) is 9.15 Å². The van der Waals surface area contributed by atoms with E-state index in [0.29, 0.717) is 28.5 Å². The van der Waals surface area contributed by atoms with E-state index in [1.165, 1.54) is 12.5 Å². The van der Waals surface area contributed by atoms with Crippen molar-refractivity contribution in [2.75, 3.05) is 0 Å². The van der Waals surface area contributed by atoms with Crippen LogP contribution in [0.2, 0.25) is 0 Å². The van der Waals surface area contributed by atoms with Crippen LogP contribution in [0.1, 0.15) is 37.8 Å². The van der Waals surface area contributed by atoms with Gasteiger partial charge in [0.05, 0.1) is 0 Å². The van der Waals surface area contributed by atoms with Gasteiger partial charge in [-0.15, -0.1) is 0 Å². The van der Waals surface area contributed by atoms with E-state index in [2.05, 4.69) is 15.0 Å². The van der Waals surface area contributed by atoms with Crippen molar-refractivity contribution in [3.63, 3.8) is 0 Å². The van der Waals surface area contributed by atoms with Gasteiger partial charge in [-0.25, -0.2) is 4.98 Å². The average molecular weight is 429 g/mol. The summed E-state index contributed by atoms with van der Waals surface area (Å²) in [6.07, 6.45) is 4.44. The zero-order chi connectivity index (χ0) is 22.7. The number of benzene rings is 2. The highest BCUT2D eigenvalue weighted by Gasteiger charge is 2.21. The maximum absolute atomic E-state index is 12.6. The van der Waals surface area contributed by atoms with Crippen molar-refractivity contribution < 1.29 is 9.15 Å². The monoisotopic (exact) mass is 429 g/mol. The van der Waals surface area contributed by atoms with Crippen LogP contribution in [0.3, 0.4) is 0 Å². The fraction of sp³-hybridized carbons (Fsp3) is 0.160. The molecule has 0 spiro atoms. The van der Waals surface area contributed by atoms with Gasteiger partial charge in [-0.05, 0) is 42.0 Å². The Morgan fingerprint density at radius 2 is 1.53 bits per heavy atom. The average Bonchev–Trinajstić information content (AvgIpc) is 3.22. The number of H-pyrrole nitrogens is 2. The number of aromatic amines is 2. The Morgan fingerprint density at radius 3 is 2.22 bits per heavy atom. The van der Waals surface area contributed by atoms with Crippen LogP contribution < -0.4 is 26.6 Å². The molecule has 0 aliphatic rings. The Labute approximate surface area is 183 Å². The molecule has 2 heterocycles. The van der Waals surface area contributed by atoms with Gasteiger partial charge in [-0.1, -0.05) is 51.1 Å². The number of ether oxygens (including phenoxy) is 1. The first-order valence-corrected chi connectivity index (χ1v) is 10.1. The normalized spacial score (nSPS) is 12.8. The third kappa shape index (κ3) is 4.78. The van der Waals surface area contributed by atoms with Crippen molar-refractivity contribution in [2.24, 2.45) is 0 Å². The molecule has 0 aliphatic carbocycles. The lowest BCUT2D eigenvalue weighted by Gasteiger charge is -2.14. The van der Waals surface area contributed by atoms with Crippen LogP contribution in [0.4, 0.5) is 0 Å². The van der Waals surface area contributed by atoms with Crippen LogP contribution in [-0.4, -0.2) is 15.0 Å². The van der Waals surface area contributed by atoms with Crippen molar-refractivity contribution in [3.05, 3.63) is 109 Å². The number of aromatic nitrogens is 3. The fourth-order valence-corrected chi connectivity index (χ4v) is 3.21. The predicted molar refractivity (Wildman–Crippen MR) is 122 cm³/mol. The van der Waals surface area contributed by atoms with Gasteiger partial charge in [0.15, 0.2) is 6.39 Å². The SMILES string of the molecule is CC(C)(C)c1ocnc1C=c1[nH]c(=O)c(=Cc2cccc(Oc3ccccc3)c2)[nH]c1=O. The van der Waals surface area contributed by atoms with Gasteiger partial charge in [0.25, 0.3) is 11.1 Å². The highest BCUT2D eigenvalue weighted by Crippen LogP contribution is 2.25. The molecular weight excluding hydrogens is 406 g/mol. The van der Waals surface area contributed by atoms with E-state index in [0.717, 1.165) is 0 Å². The van der Waals surface area contributed by atoms with Crippen molar-refractivity contribution in [2.45, 2.75) is 26.2 Å². The third-order valence-corrected chi connectivity index (χ3v) is 4.69. The second-order valence-electron chi connectivity index (χ2n) is 8.33. The molecule has 4 aromatic rings. The highest BCUT2D eigenvalue weighted by molar-refractivity contribution is 5.51. The smallest absolute Gasteiger partial charge is 0.272 e. The van der Waals surface area contributed by atoms with E-state index >= 15 is 0 Å². The maximum Gasteiger partial charge on any atom is 0.272 e. The lowest BCUT2D eigenvalue weighted by molar-refractivity contribution is 0.407. The molecule has 0 aliphatic heterocycles. The van der Waals surface area contributed by atoms with Crippen LogP contribution in [0, 0.1) is 0 Å². The summed E-state index contributed by atoms with van der Waals surface area (Å²) in [4.78, 5) is 34.7. The molecule has 4 rings (SSSR count). The zero-order valence-corrected chi connectivity index (χ0v) is 18.0. The van der Waals surface area contributed by atoms with E-state index in [9.17, 15) is 9.59 Å². The number of hydrogen-bond acceptors (Lipinski definition) is 5. The van der Waals surface area contributed by atoms with Gasteiger partial charge in [0.1, 0.15) is 33.7 Å². The first-order valence-electron chi connectivity index (χ1n) is 10.1. The summed E-state index contributed by atoms with van der Waals surface area (Å²) >= 11 is 0. The van der Waals surface area contributed by atoms with Crippen molar-refractivity contribution in [3.8, 4) is 11.5 Å². The number of hydrogen-bond donors (Lipinski definition) is 2. The summed E-state index contributed by atoms with van der Waals surface area (Å²) in [7, 11) is 0. The van der Waals surface area contributed by atoms with E-state index < -0.39 is 11.1 Å². The number of oxazole rings is 1. The van der Waals surface area contributed by atoms with Crippen LogP contribution in [0.25, 0.3) is 12.2 Å². The molecule has 0 saturated carbocycles. The van der Waals surface area contributed by atoms with E-state index in [-0.39, 0.29) is 16.1 Å². The van der Waals surface area contributed by atoms with E-state index in [1.807, 2.05) is 69.3 Å². The Balaban J connectivity index is 1.70. The lowest BCUT2D eigenvalue weighted by Crippen LogP contribution is -2.46. The van der Waals surface area contributed by atoms with Gasteiger partial charge >= 0.3 is 0 Å². The van der Waals surface area contributed by atoms with Crippen molar-refractivity contribution in [1.29, 1.82) is 0 Å². The molecule has 32 heavy (non-hydrogen) atoms. The van der Waals surface area contributed by atoms with Crippen LogP contribution in [0.5, 0.6) is 11.5 Å². The molecule has 7 nitrogen and oxygen atoms in total. The zero-order valence-electron chi connectivity index (χ0n) is 18.0. The van der Waals surface area contributed by atoms with Gasteiger partial charge in [-0.3, -0.25) is 9.59 Å². The highest BCUT2D eigenvalue weighted by atomic mass is 16.5. The molecule has 0 saturated heterocycles. The Hall–Kier alpha value is -4.13. The Bertz CT molecular complexity index is 1470. The van der Waals surface area contributed by atoms with E-state index in [1.54, 1.807) is 12.1 Å². The van der Waals surface area contributed by atoms with Gasteiger partial charge in [0, 0.05) is 5.41 Å². The van der Waals surface area contributed by atoms with Gasteiger partial charge in [-0.2, -0.15) is 0 Å². The minimum atomic E-state index is -0.435. The Kier molecular flexibility index (Phi) is 5.64. The van der Waals surface area contributed by atoms with Crippen molar-refractivity contribution in [1.82, 2.24) is 15.0 Å². The molecule has 0 fully saturated rings. The predicted octanol–water partition coefficient (Wildman–Crippen LogP) is 2.80. The second-order valence-corrected chi connectivity index (χ2v) is 8.33. The molecule has 7 heteroatoms. The summed E-state index contributed by atoms with van der Waals surface area (Å²) in [5, 5.41) is 0.243. The standard InChI is InChI=1S/C25H23N3O4/c1-25(2,3)22-19(26-15-31-22)14-21-24(30)27-20(23(29)28-21)13-16-8-7-11-18(12-16)32-17-9-5-4-6-10-17/h4-15H,1-3H3,(H,27,30)(H,28,29). The second kappa shape index (κ2) is 8.55. The molecule has 0 atom stereocenters. The van der Waals surface area contributed by atoms with Gasteiger partial charge < -0.3 is 19.1 Å². The molecule has 0 bridgehead atoms. The third-order valence-electron chi connectivity index (χ3n) is 4.69. The Morgan fingerprint density at radius 1 is 0.875 bits per heavy atom. The molecule has 2 N–H and O–H groups in total. The summed E-state index contributed by atoms with van der Waals surface area (Å²) in [5.74, 6) is 1.95. The number of rotatable bonds is 4. The molecule has 2 aromatic carbocycles. The number of para-hydroxylation sites is 1. The largest absolute Gasteiger partial charge is 0.457 e. The molecule has 0 amide bonds. The first kappa shape index (κ1) is 21.1. The fourth-order valence-electron chi connectivity index (χ4n) is 3.21. The minimum absolute atomic E-state index is 0.104. The molecule has 162 valence electrons. The minimum Gasteiger partial charge on any atom is -0.457 e. The van der Waals surface area contributed by atoms with Crippen molar-refractivity contribution >= 4 is 12.2 Å². The number of nitrogens with zero attached hydrogens (tertiary/aromatic N) is 1. The molecule has 0 unspecified atom stereocenters. The van der Waals surface area contributed by atoms with Crippen LogP contribution in [0.15, 0.2) is 75.0 Å². The summed E-state index contributed by atoms with van der Waals surface area (Å²) in [6.45, 7) is 5.93. The summed E-state index contributed by atoms with van der Waals surface area (Å²) in [5.41, 5.74) is 0.0565. The van der Waals surface area contributed by atoms with Crippen LogP contribution in [-0.2, 0) is 5.41 Å². The topological polar surface area (TPSA) is 101 Å².